The summed E-state index contributed by atoms with van der Waals surface area (Å²) in [6.07, 6.45) is 4.86. The lowest BCUT2D eigenvalue weighted by Gasteiger charge is -2.22. The van der Waals surface area contributed by atoms with Crippen LogP contribution in [0.15, 0.2) is 36.9 Å². The van der Waals surface area contributed by atoms with Crippen molar-refractivity contribution >= 4 is 21.6 Å². The van der Waals surface area contributed by atoms with Crippen molar-refractivity contribution < 1.29 is 17.6 Å². The highest BCUT2D eigenvalue weighted by Crippen LogP contribution is 2.20. The maximum Gasteiger partial charge on any atom is 0.265 e. The number of nitrogens with one attached hydrogen (secondary N) is 1. The highest BCUT2D eigenvalue weighted by molar-refractivity contribution is 7.92. The highest BCUT2D eigenvalue weighted by Gasteiger charge is 2.20. The average Bonchev–Trinajstić information content (AvgIpc) is 2.52. The van der Waals surface area contributed by atoms with Gasteiger partial charge in [0.2, 0.25) is 10.0 Å². The van der Waals surface area contributed by atoms with Gasteiger partial charge in [0.25, 0.3) is 5.91 Å². The minimum Gasteiger partial charge on any atom is -0.290 e. The van der Waals surface area contributed by atoms with Crippen LogP contribution in [0.5, 0.6) is 0 Å². The molecule has 0 aliphatic rings. The summed E-state index contributed by atoms with van der Waals surface area (Å²) in [5.74, 6) is 3.61. The zero-order chi connectivity index (χ0) is 17.0. The van der Waals surface area contributed by atoms with Crippen LogP contribution < -0.4 is 15.6 Å². The Balaban J connectivity index is 2.36. The number of hydrazine groups is 1. The molecule has 8 nitrogen and oxygen atoms in total. The lowest BCUT2D eigenvalue weighted by molar-refractivity contribution is 0.0953. The Hall–Kier alpha value is -2.59. The SMILES string of the molecule is CS(=O)(=O)N(Cc1ccc(C(=O)NN)cc1F)c1cncnc1. The molecule has 2 aromatic rings. The Morgan fingerprint density at radius 2 is 2.00 bits per heavy atom. The van der Waals surface area contributed by atoms with Crippen LogP contribution in [-0.2, 0) is 16.6 Å². The van der Waals surface area contributed by atoms with Crippen molar-refractivity contribution in [2.45, 2.75) is 6.54 Å². The number of nitrogens with zero attached hydrogens (tertiary/aromatic N) is 3. The summed E-state index contributed by atoms with van der Waals surface area (Å²) < 4.78 is 39.0. The lowest BCUT2D eigenvalue weighted by atomic mass is 10.1. The summed E-state index contributed by atoms with van der Waals surface area (Å²) >= 11 is 0. The van der Waals surface area contributed by atoms with Gasteiger partial charge in [-0.1, -0.05) is 6.07 Å². The van der Waals surface area contributed by atoms with E-state index in [1.807, 2.05) is 5.43 Å². The van der Waals surface area contributed by atoms with Gasteiger partial charge in [-0.2, -0.15) is 0 Å². The first-order chi connectivity index (χ1) is 10.8. The number of amides is 1. The van der Waals surface area contributed by atoms with E-state index >= 15 is 0 Å². The molecule has 1 aromatic carbocycles. The van der Waals surface area contributed by atoms with Gasteiger partial charge in [0, 0.05) is 11.1 Å². The number of halogens is 1. The monoisotopic (exact) mass is 339 g/mol. The Morgan fingerprint density at radius 3 is 2.52 bits per heavy atom. The van der Waals surface area contributed by atoms with Gasteiger partial charge in [0.1, 0.15) is 12.1 Å². The Bertz CT molecular complexity index is 814. The van der Waals surface area contributed by atoms with Crippen molar-refractivity contribution in [2.75, 3.05) is 10.6 Å². The molecule has 23 heavy (non-hydrogen) atoms. The molecule has 1 heterocycles. The molecule has 0 saturated carbocycles. The van der Waals surface area contributed by atoms with E-state index in [0.717, 1.165) is 16.6 Å². The summed E-state index contributed by atoms with van der Waals surface area (Å²) in [6, 6.07) is 3.66. The van der Waals surface area contributed by atoms with Crippen LogP contribution in [0.1, 0.15) is 15.9 Å². The fraction of sp³-hybridized carbons (Fsp3) is 0.154. The minimum atomic E-state index is -3.68. The largest absolute Gasteiger partial charge is 0.290 e. The molecule has 10 heteroatoms. The van der Waals surface area contributed by atoms with Gasteiger partial charge in [-0.15, -0.1) is 0 Å². The molecular weight excluding hydrogens is 325 g/mol. The summed E-state index contributed by atoms with van der Waals surface area (Å²) in [4.78, 5) is 18.9. The first-order valence-electron chi connectivity index (χ1n) is 6.35. The van der Waals surface area contributed by atoms with Crippen molar-refractivity contribution in [1.82, 2.24) is 15.4 Å². The van der Waals surface area contributed by atoms with E-state index in [0.29, 0.717) is 0 Å². The molecule has 1 amide bonds. The molecule has 0 aliphatic heterocycles. The maximum atomic E-state index is 14.1. The van der Waals surface area contributed by atoms with Gasteiger partial charge >= 0.3 is 0 Å². The van der Waals surface area contributed by atoms with E-state index < -0.39 is 21.7 Å². The molecule has 2 rings (SSSR count). The quantitative estimate of drug-likeness (QED) is 0.456. The molecule has 0 aliphatic carbocycles. The van der Waals surface area contributed by atoms with E-state index in [9.17, 15) is 17.6 Å². The van der Waals surface area contributed by atoms with Gasteiger partial charge in [0.15, 0.2) is 0 Å². The Kier molecular flexibility index (Phi) is 4.86. The zero-order valence-electron chi connectivity index (χ0n) is 12.1. The summed E-state index contributed by atoms with van der Waals surface area (Å²) in [5, 5.41) is 0. The first-order valence-corrected chi connectivity index (χ1v) is 8.20. The molecule has 122 valence electrons. The predicted octanol–water partition coefficient (Wildman–Crippen LogP) is 0.185. The number of aromatic nitrogens is 2. The molecule has 0 atom stereocenters. The maximum absolute atomic E-state index is 14.1. The molecule has 1 aromatic heterocycles. The number of carbonyl (C=O) groups excluding carboxylic acids is 1. The molecule has 3 N–H and O–H groups in total. The molecule has 0 bridgehead atoms. The Labute approximate surface area is 132 Å². The second-order valence-corrected chi connectivity index (χ2v) is 6.55. The van der Waals surface area contributed by atoms with Gasteiger partial charge in [-0.3, -0.25) is 14.5 Å². The zero-order valence-corrected chi connectivity index (χ0v) is 12.9. The molecule has 0 radical (unpaired) electrons. The van der Waals surface area contributed by atoms with Gasteiger partial charge in [-0.25, -0.2) is 28.6 Å². The highest BCUT2D eigenvalue weighted by atomic mass is 32.2. The van der Waals surface area contributed by atoms with E-state index in [1.165, 1.54) is 30.9 Å². The third-order valence-electron chi connectivity index (χ3n) is 3.00. The number of anilines is 1. The third kappa shape index (κ3) is 3.99. The molecule has 0 spiro atoms. The van der Waals surface area contributed by atoms with Crippen molar-refractivity contribution in [3.05, 3.63) is 53.9 Å². The summed E-state index contributed by atoms with van der Waals surface area (Å²) in [7, 11) is -3.68. The van der Waals surface area contributed by atoms with E-state index in [2.05, 4.69) is 9.97 Å². The molecular formula is C13H14FN5O3S. The van der Waals surface area contributed by atoms with E-state index in [4.69, 9.17) is 5.84 Å². The van der Waals surface area contributed by atoms with Gasteiger partial charge in [-0.05, 0) is 12.1 Å². The van der Waals surface area contributed by atoms with Crippen LogP contribution in [0.25, 0.3) is 0 Å². The number of hydrogen-bond acceptors (Lipinski definition) is 6. The number of sulfonamides is 1. The van der Waals surface area contributed by atoms with Crippen LogP contribution in [0.2, 0.25) is 0 Å². The van der Waals surface area contributed by atoms with Crippen LogP contribution in [0, 0.1) is 5.82 Å². The van der Waals surface area contributed by atoms with Crippen molar-refractivity contribution in [2.24, 2.45) is 5.84 Å². The number of carbonyl (C=O) groups is 1. The second-order valence-electron chi connectivity index (χ2n) is 4.65. The number of nitrogens with two attached hydrogens (primary N) is 1. The molecule has 0 fully saturated rings. The average molecular weight is 339 g/mol. The number of benzene rings is 1. The fourth-order valence-corrected chi connectivity index (χ4v) is 2.73. The predicted molar refractivity (Wildman–Crippen MR) is 81.1 cm³/mol. The summed E-state index contributed by atoms with van der Waals surface area (Å²) in [5.41, 5.74) is 2.22. The van der Waals surface area contributed by atoms with Gasteiger partial charge < -0.3 is 0 Å². The molecule has 0 unspecified atom stereocenters. The smallest absolute Gasteiger partial charge is 0.265 e. The van der Waals surface area contributed by atoms with Crippen molar-refractivity contribution in [3.8, 4) is 0 Å². The van der Waals surface area contributed by atoms with Crippen LogP contribution in [0.3, 0.4) is 0 Å². The topological polar surface area (TPSA) is 118 Å². The van der Waals surface area contributed by atoms with E-state index in [-0.39, 0.29) is 23.4 Å². The minimum absolute atomic E-state index is 0.0303. The standard InChI is InChI=1S/C13H14FN5O3S/c1-23(21,22)19(11-5-16-8-17-6-11)7-10-3-2-9(4-12(10)14)13(20)18-15/h2-6,8H,7,15H2,1H3,(H,18,20). The number of rotatable bonds is 5. The van der Waals surface area contributed by atoms with Crippen LogP contribution >= 0.6 is 0 Å². The van der Waals surface area contributed by atoms with Crippen LogP contribution in [-0.4, -0.2) is 30.5 Å². The van der Waals surface area contributed by atoms with Crippen LogP contribution in [0.4, 0.5) is 10.1 Å². The van der Waals surface area contributed by atoms with Gasteiger partial charge in [0.05, 0.1) is 30.9 Å². The Morgan fingerprint density at radius 1 is 1.35 bits per heavy atom. The number of nitrogen functional groups attached to an aromatic ring is 1. The number of hydrogen-bond donors (Lipinski definition) is 2. The second kappa shape index (κ2) is 6.67. The lowest BCUT2D eigenvalue weighted by Crippen LogP contribution is -2.31. The summed E-state index contributed by atoms with van der Waals surface area (Å²) in [6.45, 7) is -0.261. The third-order valence-corrected chi connectivity index (χ3v) is 4.14. The normalized spacial score (nSPS) is 11.1. The molecule has 0 saturated heterocycles. The fourth-order valence-electron chi connectivity index (χ4n) is 1.87. The van der Waals surface area contributed by atoms with E-state index in [1.54, 1.807) is 0 Å². The first kappa shape index (κ1) is 16.8. The van der Waals surface area contributed by atoms with Crippen molar-refractivity contribution in [1.29, 1.82) is 0 Å². The van der Waals surface area contributed by atoms with Crippen molar-refractivity contribution in [3.63, 3.8) is 0 Å².